The summed E-state index contributed by atoms with van der Waals surface area (Å²) < 4.78 is 9.53. The van der Waals surface area contributed by atoms with Crippen LogP contribution in [0, 0.1) is 10.1 Å². The van der Waals surface area contributed by atoms with Crippen molar-refractivity contribution in [2.24, 2.45) is 0 Å². The summed E-state index contributed by atoms with van der Waals surface area (Å²) in [5.74, 6) is -0.162. The van der Waals surface area contributed by atoms with Crippen molar-refractivity contribution < 1.29 is 14.5 Å². The lowest BCUT2D eigenvalue weighted by molar-refractivity contribution is -0.386. The molecule has 0 fully saturated rings. The monoisotopic (exact) mass is 448 g/mol. The van der Waals surface area contributed by atoms with Crippen LogP contribution in [0.25, 0.3) is 0 Å². The molecule has 0 spiro atoms. The van der Waals surface area contributed by atoms with Gasteiger partial charge in [0.2, 0.25) is 0 Å². The van der Waals surface area contributed by atoms with Gasteiger partial charge >= 0.3 is 5.69 Å². The van der Waals surface area contributed by atoms with Crippen molar-refractivity contribution in [3.63, 3.8) is 0 Å². The van der Waals surface area contributed by atoms with Crippen LogP contribution in [0.15, 0.2) is 53.4 Å². The van der Waals surface area contributed by atoms with Gasteiger partial charge in [-0.05, 0) is 34.5 Å². The van der Waals surface area contributed by atoms with Crippen molar-refractivity contribution in [2.45, 2.75) is 19.7 Å². The highest BCUT2D eigenvalue weighted by molar-refractivity contribution is 9.10. The standard InChI is InChI=1S/C17H17BrN6O4/c18-13-10-20-22(11-13)8-3-7-19-17(25)14-6-9-23(21-14)12-28-16-5-2-1-4-15(16)24(26)27/h1-2,4-6,9-11H,3,7-8,12H2,(H,19,25). The first-order valence-corrected chi connectivity index (χ1v) is 9.18. The number of halogens is 1. The Bertz CT molecular complexity index is 970. The number of aromatic nitrogens is 4. The van der Waals surface area contributed by atoms with Gasteiger partial charge in [0, 0.05) is 31.5 Å². The first-order chi connectivity index (χ1) is 13.5. The third kappa shape index (κ3) is 5.16. The van der Waals surface area contributed by atoms with Crippen LogP contribution in [0.4, 0.5) is 5.69 Å². The summed E-state index contributed by atoms with van der Waals surface area (Å²) in [5.41, 5.74) is 0.116. The topological polar surface area (TPSA) is 117 Å². The van der Waals surface area contributed by atoms with E-state index in [2.05, 4.69) is 31.4 Å². The molecule has 0 bridgehead atoms. The van der Waals surface area contributed by atoms with E-state index in [9.17, 15) is 14.9 Å². The number of benzene rings is 1. The van der Waals surface area contributed by atoms with Crippen LogP contribution in [0.5, 0.6) is 5.75 Å². The Hall–Kier alpha value is -3.21. The number of nitrogens with one attached hydrogen (secondary N) is 1. The van der Waals surface area contributed by atoms with E-state index in [0.717, 1.165) is 10.9 Å². The zero-order chi connectivity index (χ0) is 19.9. The van der Waals surface area contributed by atoms with E-state index in [1.807, 2.05) is 6.20 Å². The van der Waals surface area contributed by atoms with E-state index in [1.54, 1.807) is 35.3 Å². The maximum atomic E-state index is 12.1. The molecule has 2 aromatic heterocycles. The van der Waals surface area contributed by atoms with Crippen LogP contribution in [-0.4, -0.2) is 36.9 Å². The highest BCUT2D eigenvalue weighted by Gasteiger charge is 2.14. The Morgan fingerprint density at radius 3 is 2.86 bits per heavy atom. The Morgan fingerprint density at radius 2 is 2.11 bits per heavy atom. The van der Waals surface area contributed by atoms with Gasteiger partial charge in [0.05, 0.1) is 15.6 Å². The highest BCUT2D eigenvalue weighted by Crippen LogP contribution is 2.25. The minimum absolute atomic E-state index is 0.0493. The number of amides is 1. The van der Waals surface area contributed by atoms with Gasteiger partial charge in [-0.1, -0.05) is 12.1 Å². The number of carbonyl (C=O) groups excluding carboxylic acids is 1. The molecule has 28 heavy (non-hydrogen) atoms. The van der Waals surface area contributed by atoms with Crippen LogP contribution in [0.3, 0.4) is 0 Å². The normalized spacial score (nSPS) is 10.6. The number of nitro benzene ring substituents is 1. The first kappa shape index (κ1) is 19.5. The van der Waals surface area contributed by atoms with Gasteiger partial charge in [0.25, 0.3) is 5.91 Å². The average molecular weight is 449 g/mol. The third-order valence-electron chi connectivity index (χ3n) is 3.74. The van der Waals surface area contributed by atoms with Gasteiger partial charge in [0.15, 0.2) is 12.5 Å². The Kier molecular flexibility index (Phi) is 6.37. The number of aryl methyl sites for hydroxylation is 1. The summed E-state index contributed by atoms with van der Waals surface area (Å²) in [5, 5.41) is 22.0. The smallest absolute Gasteiger partial charge is 0.311 e. The molecule has 0 unspecified atom stereocenters. The summed E-state index contributed by atoms with van der Waals surface area (Å²) >= 11 is 3.33. The second-order valence-electron chi connectivity index (χ2n) is 5.77. The predicted octanol–water partition coefficient (Wildman–Crippen LogP) is 2.61. The zero-order valence-corrected chi connectivity index (χ0v) is 16.3. The molecule has 3 aromatic rings. The van der Waals surface area contributed by atoms with Gasteiger partial charge in [-0.2, -0.15) is 10.2 Å². The number of para-hydroxylation sites is 2. The lowest BCUT2D eigenvalue weighted by Crippen LogP contribution is -2.26. The van der Waals surface area contributed by atoms with E-state index in [0.29, 0.717) is 13.1 Å². The molecule has 11 heteroatoms. The van der Waals surface area contributed by atoms with Crippen LogP contribution in [-0.2, 0) is 13.3 Å². The SMILES string of the molecule is O=C(NCCCn1cc(Br)cn1)c1ccn(COc2ccccc2[N+](=O)[O-])n1. The molecule has 0 saturated carbocycles. The Labute approximate surface area is 168 Å². The first-order valence-electron chi connectivity index (χ1n) is 8.39. The van der Waals surface area contributed by atoms with Gasteiger partial charge in [-0.25, -0.2) is 4.68 Å². The fourth-order valence-electron chi connectivity index (χ4n) is 2.41. The molecule has 1 amide bonds. The molecule has 1 N–H and O–H groups in total. The number of nitrogens with zero attached hydrogens (tertiary/aromatic N) is 5. The van der Waals surface area contributed by atoms with E-state index in [4.69, 9.17) is 4.74 Å². The highest BCUT2D eigenvalue weighted by atomic mass is 79.9. The van der Waals surface area contributed by atoms with E-state index >= 15 is 0 Å². The lowest BCUT2D eigenvalue weighted by atomic mass is 10.3. The summed E-state index contributed by atoms with van der Waals surface area (Å²) in [7, 11) is 0. The molecular formula is C17H17BrN6O4. The van der Waals surface area contributed by atoms with Crippen LogP contribution >= 0.6 is 15.9 Å². The van der Waals surface area contributed by atoms with Gasteiger partial charge in [-0.3, -0.25) is 19.6 Å². The summed E-state index contributed by atoms with van der Waals surface area (Å²) in [6.07, 6.45) is 5.87. The zero-order valence-electron chi connectivity index (χ0n) is 14.7. The molecular weight excluding hydrogens is 432 g/mol. The molecule has 0 radical (unpaired) electrons. The van der Waals surface area contributed by atoms with Crippen molar-refractivity contribution in [1.29, 1.82) is 0 Å². The summed E-state index contributed by atoms with van der Waals surface area (Å²) in [4.78, 5) is 22.6. The predicted molar refractivity (Wildman–Crippen MR) is 103 cm³/mol. The molecule has 0 atom stereocenters. The van der Waals surface area contributed by atoms with Crippen LogP contribution < -0.4 is 10.1 Å². The molecule has 0 aliphatic rings. The average Bonchev–Trinajstić information content (AvgIpc) is 3.32. The molecule has 0 aliphatic carbocycles. The maximum absolute atomic E-state index is 12.1. The summed E-state index contributed by atoms with van der Waals surface area (Å²) in [6.45, 7) is 1.12. The minimum Gasteiger partial charge on any atom is -0.464 e. The van der Waals surface area contributed by atoms with E-state index < -0.39 is 4.92 Å². The summed E-state index contributed by atoms with van der Waals surface area (Å²) in [6, 6.07) is 7.63. The van der Waals surface area contributed by atoms with Crippen molar-refractivity contribution in [3.05, 3.63) is 69.2 Å². The second-order valence-corrected chi connectivity index (χ2v) is 6.69. The van der Waals surface area contributed by atoms with E-state index in [-0.39, 0.29) is 29.8 Å². The lowest BCUT2D eigenvalue weighted by Gasteiger charge is -2.06. The fourth-order valence-corrected chi connectivity index (χ4v) is 2.74. The maximum Gasteiger partial charge on any atom is 0.311 e. The molecule has 10 nitrogen and oxygen atoms in total. The molecule has 3 rings (SSSR count). The number of hydrogen-bond acceptors (Lipinski definition) is 6. The largest absolute Gasteiger partial charge is 0.464 e. The number of ether oxygens (including phenoxy) is 1. The quantitative estimate of drug-likeness (QED) is 0.305. The minimum atomic E-state index is -0.515. The van der Waals surface area contributed by atoms with Crippen molar-refractivity contribution in [2.75, 3.05) is 6.54 Å². The molecule has 0 aliphatic heterocycles. The molecule has 146 valence electrons. The van der Waals surface area contributed by atoms with Crippen LogP contribution in [0.1, 0.15) is 16.9 Å². The van der Waals surface area contributed by atoms with Crippen LogP contribution in [0.2, 0.25) is 0 Å². The number of hydrogen-bond donors (Lipinski definition) is 1. The van der Waals surface area contributed by atoms with Crippen molar-refractivity contribution in [3.8, 4) is 5.75 Å². The van der Waals surface area contributed by atoms with Gasteiger partial charge < -0.3 is 10.1 Å². The molecule has 1 aromatic carbocycles. The molecule has 0 saturated heterocycles. The fraction of sp³-hybridized carbons (Fsp3) is 0.235. The van der Waals surface area contributed by atoms with Gasteiger partial charge in [0.1, 0.15) is 5.69 Å². The number of carbonyl (C=O) groups is 1. The van der Waals surface area contributed by atoms with E-state index in [1.165, 1.54) is 16.8 Å². The van der Waals surface area contributed by atoms with Crippen molar-refractivity contribution in [1.82, 2.24) is 24.9 Å². The Balaban J connectivity index is 1.47. The second kappa shape index (κ2) is 9.13. The number of rotatable bonds is 9. The van der Waals surface area contributed by atoms with Crippen molar-refractivity contribution >= 4 is 27.5 Å². The molecule has 2 heterocycles. The number of nitro groups is 1. The Morgan fingerprint density at radius 1 is 1.29 bits per heavy atom. The van der Waals surface area contributed by atoms with Gasteiger partial charge in [-0.15, -0.1) is 0 Å². The third-order valence-corrected chi connectivity index (χ3v) is 4.15.